The van der Waals surface area contributed by atoms with Gasteiger partial charge in [0.2, 0.25) is 0 Å². The summed E-state index contributed by atoms with van der Waals surface area (Å²) < 4.78 is 86.3. The van der Waals surface area contributed by atoms with Crippen molar-refractivity contribution < 1.29 is 31.1 Å². The fourth-order valence-corrected chi connectivity index (χ4v) is 3.35. The highest BCUT2D eigenvalue weighted by Crippen LogP contribution is 2.35. The van der Waals surface area contributed by atoms with Gasteiger partial charge >= 0.3 is 6.11 Å². The van der Waals surface area contributed by atoms with Gasteiger partial charge in [-0.05, 0) is 54.5 Å². The summed E-state index contributed by atoms with van der Waals surface area (Å²) in [5.74, 6) is -6.19. The maximum Gasteiger partial charge on any atom is 0.427 e. The monoisotopic (exact) mass is 414 g/mol. The standard InChI is InChI=1S/C22H20F6O/c1-13-2-4-14(5-3-13)6-7-15-8-9-20(17(23)10-15)29-22(27,28)16-11-18(24)21(26)19(25)12-16/h6-14H,2-5H2,1H3/b7-6+. The molecule has 0 atom stereocenters. The third kappa shape index (κ3) is 5.14. The molecular formula is C22H20F6O. The molecule has 0 amide bonds. The van der Waals surface area contributed by atoms with E-state index in [9.17, 15) is 26.3 Å². The lowest BCUT2D eigenvalue weighted by Crippen LogP contribution is -2.23. The average Bonchev–Trinajstić information content (AvgIpc) is 2.67. The summed E-state index contributed by atoms with van der Waals surface area (Å²) in [6.45, 7) is 2.21. The molecule has 0 aliphatic heterocycles. The average molecular weight is 414 g/mol. The molecule has 2 aromatic rings. The maximum absolute atomic E-state index is 14.2. The van der Waals surface area contributed by atoms with E-state index in [1.165, 1.54) is 6.07 Å². The highest BCUT2D eigenvalue weighted by Gasteiger charge is 2.37. The summed E-state index contributed by atoms with van der Waals surface area (Å²) in [5, 5.41) is 0. The number of rotatable bonds is 5. The Labute approximate surface area is 165 Å². The number of benzene rings is 2. The van der Waals surface area contributed by atoms with Crippen LogP contribution in [-0.4, -0.2) is 0 Å². The summed E-state index contributed by atoms with van der Waals surface area (Å²) in [5.41, 5.74) is -0.778. The van der Waals surface area contributed by atoms with E-state index < -0.39 is 40.7 Å². The first-order valence-electron chi connectivity index (χ1n) is 9.35. The Kier molecular flexibility index (Phi) is 6.24. The number of allylic oxidation sites excluding steroid dienone is 1. The predicted octanol–water partition coefficient (Wildman–Crippen LogP) is 7.21. The Bertz CT molecular complexity index is 877. The Balaban J connectivity index is 1.73. The van der Waals surface area contributed by atoms with Gasteiger partial charge < -0.3 is 4.74 Å². The van der Waals surface area contributed by atoms with E-state index in [0.29, 0.717) is 17.4 Å². The van der Waals surface area contributed by atoms with Crippen molar-refractivity contribution in [3.05, 3.63) is 70.8 Å². The summed E-state index contributed by atoms with van der Waals surface area (Å²) >= 11 is 0. The zero-order chi connectivity index (χ0) is 21.2. The van der Waals surface area contributed by atoms with Crippen LogP contribution in [0.1, 0.15) is 43.7 Å². The van der Waals surface area contributed by atoms with Gasteiger partial charge in [0.05, 0.1) is 5.56 Å². The quantitative estimate of drug-likeness (QED) is 0.371. The first-order valence-corrected chi connectivity index (χ1v) is 9.35. The summed E-state index contributed by atoms with van der Waals surface area (Å²) in [4.78, 5) is 0. The molecule has 1 fully saturated rings. The zero-order valence-electron chi connectivity index (χ0n) is 15.7. The topological polar surface area (TPSA) is 9.23 Å². The van der Waals surface area contributed by atoms with Crippen LogP contribution >= 0.6 is 0 Å². The van der Waals surface area contributed by atoms with Crippen LogP contribution in [0.3, 0.4) is 0 Å². The van der Waals surface area contributed by atoms with Crippen LogP contribution < -0.4 is 4.74 Å². The highest BCUT2D eigenvalue weighted by atomic mass is 19.3. The SMILES string of the molecule is CC1CCC(/C=C/c2ccc(OC(F)(F)c3cc(F)c(F)c(F)c3)c(F)c2)CC1. The Morgan fingerprint density at radius 3 is 2.10 bits per heavy atom. The largest absolute Gasteiger partial charge is 0.427 e. The van der Waals surface area contributed by atoms with Crippen LogP contribution in [0.4, 0.5) is 26.3 Å². The first kappa shape index (κ1) is 21.3. The van der Waals surface area contributed by atoms with Crippen molar-refractivity contribution in [2.45, 2.75) is 38.7 Å². The van der Waals surface area contributed by atoms with Crippen LogP contribution in [0.15, 0.2) is 36.4 Å². The number of halogens is 6. The van der Waals surface area contributed by atoms with Gasteiger partial charge in [0.15, 0.2) is 29.0 Å². The second-order valence-corrected chi connectivity index (χ2v) is 7.44. The molecule has 0 saturated heterocycles. The second-order valence-electron chi connectivity index (χ2n) is 7.44. The molecule has 1 saturated carbocycles. The Hall–Kier alpha value is -2.44. The van der Waals surface area contributed by atoms with Gasteiger partial charge in [0.25, 0.3) is 0 Å². The van der Waals surface area contributed by atoms with E-state index in [0.717, 1.165) is 37.8 Å². The van der Waals surface area contributed by atoms with Crippen molar-refractivity contribution in [3.8, 4) is 5.75 Å². The molecule has 0 spiro atoms. The molecule has 1 aliphatic carbocycles. The van der Waals surface area contributed by atoms with E-state index in [1.54, 1.807) is 6.08 Å². The molecule has 0 N–H and O–H groups in total. The van der Waals surface area contributed by atoms with E-state index in [1.807, 2.05) is 6.08 Å². The number of ether oxygens (including phenoxy) is 1. The first-order chi connectivity index (χ1) is 13.7. The van der Waals surface area contributed by atoms with Crippen molar-refractivity contribution >= 4 is 6.08 Å². The predicted molar refractivity (Wildman–Crippen MR) is 97.4 cm³/mol. The minimum absolute atomic E-state index is 0.110. The van der Waals surface area contributed by atoms with E-state index in [2.05, 4.69) is 11.7 Å². The Morgan fingerprint density at radius 1 is 0.897 bits per heavy atom. The maximum atomic E-state index is 14.2. The molecule has 0 unspecified atom stereocenters. The molecule has 3 rings (SSSR count). The fourth-order valence-electron chi connectivity index (χ4n) is 3.35. The molecule has 7 heteroatoms. The lowest BCUT2D eigenvalue weighted by Gasteiger charge is -2.23. The molecule has 0 radical (unpaired) electrons. The van der Waals surface area contributed by atoms with E-state index in [4.69, 9.17) is 0 Å². The lowest BCUT2D eigenvalue weighted by molar-refractivity contribution is -0.187. The molecule has 2 aromatic carbocycles. The minimum Gasteiger partial charge on any atom is -0.426 e. The van der Waals surface area contributed by atoms with E-state index in [-0.39, 0.29) is 12.1 Å². The van der Waals surface area contributed by atoms with Crippen molar-refractivity contribution in [1.82, 2.24) is 0 Å². The van der Waals surface area contributed by atoms with Crippen LogP contribution in [0.25, 0.3) is 6.08 Å². The molecule has 0 heterocycles. The molecule has 156 valence electrons. The highest BCUT2D eigenvalue weighted by molar-refractivity contribution is 5.51. The molecule has 1 aliphatic rings. The number of hydrogen-bond acceptors (Lipinski definition) is 1. The van der Waals surface area contributed by atoms with Crippen molar-refractivity contribution in [3.63, 3.8) is 0 Å². The fraction of sp³-hybridized carbons (Fsp3) is 0.364. The van der Waals surface area contributed by atoms with Crippen molar-refractivity contribution in [2.75, 3.05) is 0 Å². The van der Waals surface area contributed by atoms with Gasteiger partial charge in [0.1, 0.15) is 0 Å². The zero-order valence-corrected chi connectivity index (χ0v) is 15.7. The van der Waals surface area contributed by atoms with Gasteiger partial charge in [-0.15, -0.1) is 0 Å². The van der Waals surface area contributed by atoms with Gasteiger partial charge in [0, 0.05) is 0 Å². The molecular weight excluding hydrogens is 394 g/mol. The van der Waals surface area contributed by atoms with Crippen LogP contribution in [0, 0.1) is 35.1 Å². The van der Waals surface area contributed by atoms with Gasteiger partial charge in [-0.25, -0.2) is 17.6 Å². The van der Waals surface area contributed by atoms with Gasteiger partial charge in [-0.2, -0.15) is 8.78 Å². The van der Waals surface area contributed by atoms with Gasteiger partial charge in [-0.1, -0.05) is 38.0 Å². The lowest BCUT2D eigenvalue weighted by atomic mass is 9.83. The summed E-state index contributed by atoms with van der Waals surface area (Å²) in [6, 6.07) is 3.68. The van der Waals surface area contributed by atoms with Crippen molar-refractivity contribution in [1.29, 1.82) is 0 Å². The summed E-state index contributed by atoms with van der Waals surface area (Å²) in [6.07, 6.45) is 3.84. The smallest absolute Gasteiger partial charge is 0.426 e. The van der Waals surface area contributed by atoms with E-state index >= 15 is 0 Å². The van der Waals surface area contributed by atoms with Crippen LogP contribution in [0.5, 0.6) is 5.75 Å². The third-order valence-electron chi connectivity index (χ3n) is 5.14. The molecule has 1 nitrogen and oxygen atoms in total. The van der Waals surface area contributed by atoms with Crippen LogP contribution in [0.2, 0.25) is 0 Å². The summed E-state index contributed by atoms with van der Waals surface area (Å²) in [7, 11) is 0. The number of alkyl halides is 2. The number of hydrogen-bond donors (Lipinski definition) is 0. The minimum atomic E-state index is -4.26. The normalized spacial score (nSPS) is 20.2. The molecule has 29 heavy (non-hydrogen) atoms. The molecule has 0 aromatic heterocycles. The van der Waals surface area contributed by atoms with Crippen molar-refractivity contribution in [2.24, 2.45) is 11.8 Å². The second kappa shape index (κ2) is 8.51. The third-order valence-corrected chi connectivity index (χ3v) is 5.14. The van der Waals surface area contributed by atoms with Gasteiger partial charge in [-0.3, -0.25) is 0 Å². The Morgan fingerprint density at radius 2 is 1.52 bits per heavy atom. The molecule has 0 bridgehead atoms. The van der Waals surface area contributed by atoms with Crippen LogP contribution in [-0.2, 0) is 6.11 Å².